The smallest absolute Gasteiger partial charge is 0.226 e. The van der Waals surface area contributed by atoms with E-state index >= 15 is 0 Å². The van der Waals surface area contributed by atoms with Crippen LogP contribution >= 0.6 is 0 Å². The van der Waals surface area contributed by atoms with Gasteiger partial charge in [-0.1, -0.05) is 0 Å². The van der Waals surface area contributed by atoms with E-state index in [2.05, 4.69) is 10.3 Å². The molecule has 5 nitrogen and oxygen atoms in total. The van der Waals surface area contributed by atoms with Gasteiger partial charge in [-0.3, -0.25) is 9.78 Å². The van der Waals surface area contributed by atoms with Gasteiger partial charge in [-0.2, -0.15) is 0 Å². The van der Waals surface area contributed by atoms with Gasteiger partial charge in [0.15, 0.2) is 0 Å². The molecule has 1 atom stereocenters. The maximum absolute atomic E-state index is 11.3. The van der Waals surface area contributed by atoms with Crippen molar-refractivity contribution in [1.29, 1.82) is 0 Å². The fourth-order valence-corrected chi connectivity index (χ4v) is 1.03. The molecule has 0 aliphatic heterocycles. The molecule has 1 aromatic rings. The summed E-state index contributed by atoms with van der Waals surface area (Å²) in [6.07, 6.45) is 1.18. The predicted molar refractivity (Wildman–Crippen MR) is 57.0 cm³/mol. The van der Waals surface area contributed by atoms with E-state index in [1.54, 1.807) is 19.1 Å². The van der Waals surface area contributed by atoms with Crippen LogP contribution in [-0.2, 0) is 11.2 Å². The molecule has 1 amide bonds. The van der Waals surface area contributed by atoms with E-state index in [0.29, 0.717) is 11.4 Å². The van der Waals surface area contributed by atoms with Gasteiger partial charge < -0.3 is 16.2 Å². The molecule has 1 rings (SSSR count). The van der Waals surface area contributed by atoms with Crippen molar-refractivity contribution < 1.29 is 9.90 Å². The van der Waals surface area contributed by atoms with Crippen LogP contribution in [0.4, 0.5) is 5.69 Å². The zero-order chi connectivity index (χ0) is 11.3. The summed E-state index contributed by atoms with van der Waals surface area (Å²) in [6, 6.07) is 3.40. The minimum Gasteiger partial charge on any atom is -0.397 e. The van der Waals surface area contributed by atoms with Crippen LogP contribution in [0.25, 0.3) is 0 Å². The maximum atomic E-state index is 11.3. The van der Waals surface area contributed by atoms with E-state index in [1.165, 1.54) is 6.20 Å². The number of carbonyl (C=O) groups is 1. The van der Waals surface area contributed by atoms with Gasteiger partial charge in [0.25, 0.3) is 0 Å². The molecule has 0 spiro atoms. The van der Waals surface area contributed by atoms with E-state index < -0.39 is 6.10 Å². The zero-order valence-electron chi connectivity index (χ0n) is 8.60. The van der Waals surface area contributed by atoms with Crippen LogP contribution in [0.1, 0.15) is 12.6 Å². The Morgan fingerprint density at radius 3 is 2.93 bits per heavy atom. The molecule has 0 aliphatic carbocycles. The molecule has 5 heteroatoms. The molecular weight excluding hydrogens is 194 g/mol. The van der Waals surface area contributed by atoms with Crippen molar-refractivity contribution >= 4 is 11.6 Å². The van der Waals surface area contributed by atoms with E-state index in [1.807, 2.05) is 0 Å². The minimum absolute atomic E-state index is 0.159. The fraction of sp³-hybridized carbons (Fsp3) is 0.400. The van der Waals surface area contributed by atoms with E-state index in [4.69, 9.17) is 10.8 Å². The van der Waals surface area contributed by atoms with Crippen molar-refractivity contribution in [3.8, 4) is 0 Å². The number of pyridine rings is 1. The van der Waals surface area contributed by atoms with E-state index in [-0.39, 0.29) is 18.9 Å². The second-order valence-corrected chi connectivity index (χ2v) is 3.41. The number of rotatable bonds is 4. The second kappa shape index (κ2) is 5.31. The average Bonchev–Trinajstić information content (AvgIpc) is 2.19. The molecule has 4 N–H and O–H groups in total. The van der Waals surface area contributed by atoms with Crippen molar-refractivity contribution in [2.45, 2.75) is 19.4 Å². The number of aliphatic hydroxyl groups is 1. The summed E-state index contributed by atoms with van der Waals surface area (Å²) < 4.78 is 0. The number of nitrogens with zero attached hydrogens (tertiary/aromatic N) is 1. The molecular formula is C10H15N3O2. The van der Waals surface area contributed by atoms with Gasteiger partial charge >= 0.3 is 0 Å². The van der Waals surface area contributed by atoms with Crippen LogP contribution in [0.15, 0.2) is 18.3 Å². The Bertz CT molecular complexity index is 322. The van der Waals surface area contributed by atoms with Crippen LogP contribution < -0.4 is 11.1 Å². The summed E-state index contributed by atoms with van der Waals surface area (Å²) in [7, 11) is 0. The highest BCUT2D eigenvalue weighted by molar-refractivity contribution is 5.78. The lowest BCUT2D eigenvalue weighted by atomic mass is 10.2. The molecule has 1 heterocycles. The first-order valence-electron chi connectivity index (χ1n) is 4.73. The Balaban J connectivity index is 2.41. The van der Waals surface area contributed by atoms with Crippen molar-refractivity contribution in [3.05, 3.63) is 24.0 Å². The summed E-state index contributed by atoms with van der Waals surface area (Å²) in [5.74, 6) is -0.159. The number of amides is 1. The van der Waals surface area contributed by atoms with Gasteiger partial charge in [-0.05, 0) is 19.1 Å². The van der Waals surface area contributed by atoms with Crippen molar-refractivity contribution in [1.82, 2.24) is 10.3 Å². The number of hydrogen-bond donors (Lipinski definition) is 3. The summed E-state index contributed by atoms with van der Waals surface area (Å²) in [5, 5.41) is 11.5. The summed E-state index contributed by atoms with van der Waals surface area (Å²) in [6.45, 7) is 1.87. The van der Waals surface area contributed by atoms with E-state index in [0.717, 1.165) is 0 Å². The largest absolute Gasteiger partial charge is 0.397 e. The molecule has 0 saturated carbocycles. The number of nitrogen functional groups attached to an aromatic ring is 1. The summed E-state index contributed by atoms with van der Waals surface area (Å²) in [4.78, 5) is 15.3. The molecule has 0 saturated heterocycles. The number of nitrogens with two attached hydrogens (primary N) is 1. The Morgan fingerprint density at radius 1 is 1.67 bits per heavy atom. The molecule has 1 aromatic heterocycles. The van der Waals surface area contributed by atoms with Gasteiger partial charge in [-0.25, -0.2) is 0 Å². The van der Waals surface area contributed by atoms with Gasteiger partial charge in [-0.15, -0.1) is 0 Å². The third-order valence-electron chi connectivity index (χ3n) is 1.78. The minimum atomic E-state index is -0.534. The second-order valence-electron chi connectivity index (χ2n) is 3.41. The Hall–Kier alpha value is -1.62. The fourth-order valence-electron chi connectivity index (χ4n) is 1.03. The highest BCUT2D eigenvalue weighted by atomic mass is 16.3. The topological polar surface area (TPSA) is 88.2 Å². The zero-order valence-corrected chi connectivity index (χ0v) is 8.60. The number of hydrogen-bond acceptors (Lipinski definition) is 4. The van der Waals surface area contributed by atoms with Crippen molar-refractivity contribution in [3.63, 3.8) is 0 Å². The summed E-state index contributed by atoms with van der Waals surface area (Å²) >= 11 is 0. The normalized spacial score (nSPS) is 12.1. The molecule has 82 valence electrons. The number of nitrogens with one attached hydrogen (secondary N) is 1. The first kappa shape index (κ1) is 11.5. The van der Waals surface area contributed by atoms with Gasteiger partial charge in [0, 0.05) is 12.2 Å². The highest BCUT2D eigenvalue weighted by Gasteiger charge is 2.04. The molecule has 0 aromatic carbocycles. The predicted octanol–water partition coefficient (Wildman–Crippen LogP) is -0.297. The Kier molecular flexibility index (Phi) is 4.05. The maximum Gasteiger partial charge on any atom is 0.226 e. The van der Waals surface area contributed by atoms with Crippen molar-refractivity contribution in [2.75, 3.05) is 12.3 Å². The van der Waals surface area contributed by atoms with Gasteiger partial charge in [0.1, 0.15) is 0 Å². The number of anilines is 1. The first-order chi connectivity index (χ1) is 7.08. The molecule has 1 unspecified atom stereocenters. The lowest BCUT2D eigenvalue weighted by molar-refractivity contribution is -0.120. The first-order valence-corrected chi connectivity index (χ1v) is 4.73. The van der Waals surface area contributed by atoms with Crippen LogP contribution in [0.2, 0.25) is 0 Å². The van der Waals surface area contributed by atoms with Crippen LogP contribution in [0, 0.1) is 0 Å². The van der Waals surface area contributed by atoms with Gasteiger partial charge in [0.05, 0.1) is 24.4 Å². The van der Waals surface area contributed by atoms with E-state index in [9.17, 15) is 4.79 Å². The van der Waals surface area contributed by atoms with Crippen LogP contribution in [0.5, 0.6) is 0 Å². The van der Waals surface area contributed by atoms with Crippen LogP contribution in [0.3, 0.4) is 0 Å². The molecule has 0 aliphatic rings. The third kappa shape index (κ3) is 4.42. The average molecular weight is 209 g/mol. The highest BCUT2D eigenvalue weighted by Crippen LogP contribution is 2.01. The van der Waals surface area contributed by atoms with Gasteiger partial charge in [0.2, 0.25) is 5.91 Å². The molecule has 0 bridgehead atoms. The number of aliphatic hydroxyl groups excluding tert-OH is 1. The number of carbonyl (C=O) groups excluding carboxylic acids is 1. The standard InChI is InChI=1S/C10H15N3O2/c1-7(14)5-13-10(15)4-9-3-2-8(11)6-12-9/h2-3,6-7,14H,4-5,11H2,1H3,(H,13,15). The lowest BCUT2D eigenvalue weighted by Crippen LogP contribution is -2.31. The molecule has 15 heavy (non-hydrogen) atoms. The Labute approximate surface area is 88.3 Å². The van der Waals surface area contributed by atoms with Crippen molar-refractivity contribution in [2.24, 2.45) is 0 Å². The van der Waals surface area contributed by atoms with Crippen LogP contribution in [-0.4, -0.2) is 28.6 Å². The SMILES string of the molecule is CC(O)CNC(=O)Cc1ccc(N)cn1. The quantitative estimate of drug-likeness (QED) is 0.635. The Morgan fingerprint density at radius 2 is 2.40 bits per heavy atom. The number of aromatic nitrogens is 1. The third-order valence-corrected chi connectivity index (χ3v) is 1.78. The molecule has 0 fully saturated rings. The molecule has 0 radical (unpaired) electrons. The monoisotopic (exact) mass is 209 g/mol. The lowest BCUT2D eigenvalue weighted by Gasteiger charge is -2.06. The summed E-state index contributed by atoms with van der Waals surface area (Å²) in [5.41, 5.74) is 6.69.